The van der Waals surface area contributed by atoms with Crippen molar-refractivity contribution < 1.29 is 5.11 Å². The Morgan fingerprint density at radius 3 is 2.06 bits per heavy atom. The van der Waals surface area contributed by atoms with Crippen molar-refractivity contribution in [2.75, 3.05) is 5.32 Å². The lowest BCUT2D eigenvalue weighted by Crippen LogP contribution is -2.08. The molecule has 0 radical (unpaired) electrons. The number of hydrogen-bond acceptors (Lipinski definition) is 2. The Morgan fingerprint density at radius 1 is 0.941 bits per heavy atom. The summed E-state index contributed by atoms with van der Waals surface area (Å²) >= 11 is 0. The van der Waals surface area contributed by atoms with Crippen LogP contribution in [0, 0.1) is 0 Å². The van der Waals surface area contributed by atoms with Crippen LogP contribution in [-0.4, -0.2) is 5.11 Å². The molecule has 0 fully saturated rings. The number of anilines is 1. The van der Waals surface area contributed by atoms with E-state index in [4.69, 9.17) is 0 Å². The Kier molecular flexibility index (Phi) is 3.58. The van der Waals surface area contributed by atoms with Gasteiger partial charge in [0.2, 0.25) is 0 Å². The number of para-hydroxylation sites is 1. The number of aliphatic hydroxyl groups excluding tert-OH is 1. The summed E-state index contributed by atoms with van der Waals surface area (Å²) in [7, 11) is 0. The van der Waals surface area contributed by atoms with Gasteiger partial charge >= 0.3 is 0 Å². The average molecular weight is 225 g/mol. The zero-order valence-electron chi connectivity index (χ0n) is 9.51. The maximum atomic E-state index is 10.1. The van der Waals surface area contributed by atoms with Gasteiger partial charge in [-0.3, -0.25) is 0 Å². The van der Waals surface area contributed by atoms with Crippen LogP contribution in [0.15, 0.2) is 72.9 Å². The summed E-state index contributed by atoms with van der Waals surface area (Å²) in [6.45, 7) is 3.87. The van der Waals surface area contributed by atoms with Crippen LogP contribution in [0.5, 0.6) is 0 Å². The molecule has 2 rings (SSSR count). The summed E-state index contributed by atoms with van der Waals surface area (Å²) in [5.74, 6) is 0. The van der Waals surface area contributed by atoms with E-state index in [9.17, 15) is 5.11 Å². The van der Waals surface area contributed by atoms with E-state index < -0.39 is 6.10 Å². The van der Waals surface area contributed by atoms with Crippen LogP contribution in [0.2, 0.25) is 0 Å². The van der Waals surface area contributed by atoms with E-state index in [0.29, 0.717) is 5.70 Å². The van der Waals surface area contributed by atoms with Gasteiger partial charge in [0.1, 0.15) is 6.10 Å². The van der Waals surface area contributed by atoms with Gasteiger partial charge in [-0.15, -0.1) is 0 Å². The summed E-state index contributed by atoms with van der Waals surface area (Å²) in [4.78, 5) is 0. The molecule has 2 heteroatoms. The molecule has 0 amide bonds. The number of hydrogen-bond donors (Lipinski definition) is 2. The Balaban J connectivity index is 2.06. The molecule has 2 N–H and O–H groups in total. The minimum Gasteiger partial charge on any atom is -0.382 e. The van der Waals surface area contributed by atoms with Crippen molar-refractivity contribution in [2.45, 2.75) is 6.10 Å². The van der Waals surface area contributed by atoms with Crippen molar-refractivity contribution in [3.8, 4) is 0 Å². The van der Waals surface area contributed by atoms with Crippen molar-refractivity contribution in [3.05, 3.63) is 78.5 Å². The maximum Gasteiger partial charge on any atom is 0.118 e. The first-order valence-corrected chi connectivity index (χ1v) is 5.51. The van der Waals surface area contributed by atoms with Crippen LogP contribution in [0.4, 0.5) is 5.69 Å². The largest absolute Gasteiger partial charge is 0.382 e. The minimum absolute atomic E-state index is 0.572. The topological polar surface area (TPSA) is 32.3 Å². The minimum atomic E-state index is -0.698. The molecule has 1 unspecified atom stereocenters. The van der Waals surface area contributed by atoms with Gasteiger partial charge < -0.3 is 10.4 Å². The third kappa shape index (κ3) is 2.95. The molecule has 0 aromatic heterocycles. The second-order valence-corrected chi connectivity index (χ2v) is 3.83. The molecule has 0 aliphatic rings. The van der Waals surface area contributed by atoms with Gasteiger partial charge in [-0.25, -0.2) is 0 Å². The smallest absolute Gasteiger partial charge is 0.118 e. The van der Waals surface area contributed by atoms with Crippen molar-refractivity contribution in [1.29, 1.82) is 0 Å². The molecule has 0 aliphatic carbocycles. The molecule has 0 aliphatic heterocycles. The zero-order valence-corrected chi connectivity index (χ0v) is 9.51. The van der Waals surface area contributed by atoms with Crippen LogP contribution in [0.1, 0.15) is 11.7 Å². The Labute approximate surface area is 101 Å². The highest BCUT2D eigenvalue weighted by Gasteiger charge is 2.10. The van der Waals surface area contributed by atoms with Gasteiger partial charge in [0, 0.05) is 11.4 Å². The van der Waals surface area contributed by atoms with E-state index in [0.717, 1.165) is 11.3 Å². The highest BCUT2D eigenvalue weighted by Crippen LogP contribution is 2.21. The van der Waals surface area contributed by atoms with Crippen LogP contribution in [0.3, 0.4) is 0 Å². The number of rotatable bonds is 4. The molecule has 0 saturated heterocycles. The normalized spacial score (nSPS) is 11.8. The van der Waals surface area contributed by atoms with Gasteiger partial charge in [-0.2, -0.15) is 0 Å². The lowest BCUT2D eigenvalue weighted by atomic mass is 10.1. The van der Waals surface area contributed by atoms with Gasteiger partial charge in [0.15, 0.2) is 0 Å². The first-order valence-electron chi connectivity index (χ1n) is 5.51. The molecule has 17 heavy (non-hydrogen) atoms. The second-order valence-electron chi connectivity index (χ2n) is 3.83. The average Bonchev–Trinajstić information content (AvgIpc) is 2.40. The van der Waals surface area contributed by atoms with Crippen LogP contribution in [-0.2, 0) is 0 Å². The monoisotopic (exact) mass is 225 g/mol. The van der Waals surface area contributed by atoms with E-state index in [1.165, 1.54) is 0 Å². The lowest BCUT2D eigenvalue weighted by Gasteiger charge is -2.16. The Hall–Kier alpha value is -2.06. The molecule has 0 heterocycles. The van der Waals surface area contributed by atoms with Gasteiger partial charge in [0.05, 0.1) is 0 Å². The van der Waals surface area contributed by atoms with E-state index >= 15 is 0 Å². The third-order valence-electron chi connectivity index (χ3n) is 2.52. The highest BCUT2D eigenvalue weighted by atomic mass is 16.3. The lowest BCUT2D eigenvalue weighted by molar-refractivity contribution is 0.217. The molecule has 2 aromatic carbocycles. The van der Waals surface area contributed by atoms with Crippen LogP contribution >= 0.6 is 0 Å². The third-order valence-corrected chi connectivity index (χ3v) is 2.52. The fraction of sp³-hybridized carbons (Fsp3) is 0.0667. The second kappa shape index (κ2) is 5.32. The standard InChI is InChI=1S/C15H15NO/c1-12(16-14-10-6-3-7-11-14)15(17)13-8-4-2-5-9-13/h2-11,15-17H,1H2. The van der Waals surface area contributed by atoms with E-state index in [-0.39, 0.29) is 0 Å². The van der Waals surface area contributed by atoms with Crippen molar-refractivity contribution in [2.24, 2.45) is 0 Å². The number of benzene rings is 2. The SMILES string of the molecule is C=C(Nc1ccccc1)C(O)c1ccccc1. The predicted molar refractivity (Wildman–Crippen MR) is 70.6 cm³/mol. The predicted octanol–water partition coefficient (Wildman–Crippen LogP) is 3.35. The molecule has 0 bridgehead atoms. The van der Waals surface area contributed by atoms with E-state index in [1.54, 1.807) is 0 Å². The van der Waals surface area contributed by atoms with Gasteiger partial charge in [-0.05, 0) is 17.7 Å². The molecule has 0 saturated carbocycles. The molecule has 2 aromatic rings. The van der Waals surface area contributed by atoms with Gasteiger partial charge in [0.25, 0.3) is 0 Å². The highest BCUT2D eigenvalue weighted by molar-refractivity contribution is 5.48. The molecule has 0 spiro atoms. The summed E-state index contributed by atoms with van der Waals surface area (Å²) < 4.78 is 0. The zero-order chi connectivity index (χ0) is 12.1. The van der Waals surface area contributed by atoms with Crippen LogP contribution in [0.25, 0.3) is 0 Å². The van der Waals surface area contributed by atoms with E-state index in [2.05, 4.69) is 11.9 Å². The molecular weight excluding hydrogens is 210 g/mol. The fourth-order valence-electron chi connectivity index (χ4n) is 1.61. The fourth-order valence-corrected chi connectivity index (χ4v) is 1.61. The van der Waals surface area contributed by atoms with Crippen LogP contribution < -0.4 is 5.32 Å². The van der Waals surface area contributed by atoms with Crippen molar-refractivity contribution in [3.63, 3.8) is 0 Å². The van der Waals surface area contributed by atoms with Crippen molar-refractivity contribution in [1.82, 2.24) is 0 Å². The summed E-state index contributed by atoms with van der Waals surface area (Å²) in [5, 5.41) is 13.2. The quantitative estimate of drug-likeness (QED) is 0.836. The maximum absolute atomic E-state index is 10.1. The molecular formula is C15H15NO. The Morgan fingerprint density at radius 2 is 1.47 bits per heavy atom. The summed E-state index contributed by atoms with van der Waals surface area (Å²) in [6.07, 6.45) is -0.698. The Bertz CT molecular complexity index is 479. The number of nitrogens with one attached hydrogen (secondary N) is 1. The first kappa shape index (κ1) is 11.4. The van der Waals surface area contributed by atoms with Crippen molar-refractivity contribution >= 4 is 5.69 Å². The van der Waals surface area contributed by atoms with Gasteiger partial charge in [-0.1, -0.05) is 55.1 Å². The first-order chi connectivity index (χ1) is 8.27. The van der Waals surface area contributed by atoms with E-state index in [1.807, 2.05) is 60.7 Å². The number of aliphatic hydroxyl groups is 1. The summed E-state index contributed by atoms with van der Waals surface area (Å²) in [5.41, 5.74) is 2.33. The molecule has 1 atom stereocenters. The molecule has 86 valence electrons. The summed E-state index contributed by atoms with van der Waals surface area (Å²) in [6, 6.07) is 19.2. The molecule has 2 nitrogen and oxygen atoms in total.